The zero-order valence-electron chi connectivity index (χ0n) is 9.19. The molecule has 1 aliphatic heterocycles. The van der Waals surface area contributed by atoms with Gasteiger partial charge in [0.1, 0.15) is 13.2 Å². The van der Waals surface area contributed by atoms with Gasteiger partial charge in [-0.3, -0.25) is 4.84 Å². The maximum atomic E-state index is 5.49. The van der Waals surface area contributed by atoms with E-state index in [9.17, 15) is 0 Å². The lowest BCUT2D eigenvalue weighted by Gasteiger charge is -2.20. The van der Waals surface area contributed by atoms with E-state index in [0.717, 1.165) is 22.6 Å². The topological polar surface area (TPSA) is 62.9 Å². The second-order valence-corrected chi connectivity index (χ2v) is 3.51. The number of rotatable bonds is 4. The predicted octanol–water partition coefficient (Wildman–Crippen LogP) is 0.994. The second kappa shape index (κ2) is 5.16. The molecule has 0 aromatic heterocycles. The summed E-state index contributed by atoms with van der Waals surface area (Å²) in [7, 11) is 1.64. The van der Waals surface area contributed by atoms with E-state index in [2.05, 4.69) is 4.84 Å². The van der Waals surface area contributed by atoms with Crippen molar-refractivity contribution < 1.29 is 19.0 Å². The van der Waals surface area contributed by atoms with Crippen LogP contribution in [0.3, 0.4) is 0 Å². The number of hydrogen-bond donors (Lipinski definition) is 1. The lowest BCUT2D eigenvalue weighted by atomic mass is 10.1. The molecular weight excluding hydrogens is 210 g/mol. The van der Waals surface area contributed by atoms with Crippen molar-refractivity contribution in [2.24, 2.45) is 5.90 Å². The Morgan fingerprint density at radius 1 is 1.12 bits per heavy atom. The molecule has 0 radical (unpaired) electrons. The molecule has 1 heterocycles. The van der Waals surface area contributed by atoms with Gasteiger partial charge in [-0.25, -0.2) is 5.90 Å². The van der Waals surface area contributed by atoms with Crippen molar-refractivity contribution in [1.82, 2.24) is 0 Å². The van der Waals surface area contributed by atoms with Crippen molar-refractivity contribution in [2.45, 2.75) is 13.2 Å². The molecule has 0 atom stereocenters. The quantitative estimate of drug-likeness (QED) is 0.774. The maximum absolute atomic E-state index is 5.49. The van der Waals surface area contributed by atoms with Crippen molar-refractivity contribution in [3.05, 3.63) is 23.3 Å². The third kappa shape index (κ3) is 2.27. The number of nitrogens with two attached hydrogens (primary N) is 1. The Hall–Kier alpha value is -1.30. The van der Waals surface area contributed by atoms with E-state index >= 15 is 0 Å². The summed E-state index contributed by atoms with van der Waals surface area (Å²) in [4.78, 5) is 4.65. The van der Waals surface area contributed by atoms with E-state index in [0.29, 0.717) is 26.4 Å². The average Bonchev–Trinajstić information content (AvgIpc) is 2.30. The summed E-state index contributed by atoms with van der Waals surface area (Å²) in [5, 5.41) is 0. The summed E-state index contributed by atoms with van der Waals surface area (Å²) < 4.78 is 16.1. The van der Waals surface area contributed by atoms with Crippen LogP contribution in [0.5, 0.6) is 11.5 Å². The van der Waals surface area contributed by atoms with Crippen LogP contribution in [0, 0.1) is 0 Å². The van der Waals surface area contributed by atoms with Crippen molar-refractivity contribution >= 4 is 0 Å². The van der Waals surface area contributed by atoms with Gasteiger partial charge in [0, 0.05) is 7.11 Å². The number of benzene rings is 1. The molecule has 88 valence electrons. The average molecular weight is 225 g/mol. The van der Waals surface area contributed by atoms with Crippen molar-refractivity contribution in [2.75, 3.05) is 20.3 Å². The first-order valence-electron chi connectivity index (χ1n) is 5.07. The molecule has 2 N–H and O–H groups in total. The molecule has 0 amide bonds. The van der Waals surface area contributed by atoms with E-state index in [1.165, 1.54) is 0 Å². The molecule has 16 heavy (non-hydrogen) atoms. The van der Waals surface area contributed by atoms with Gasteiger partial charge in [-0.1, -0.05) is 0 Å². The fourth-order valence-electron chi connectivity index (χ4n) is 1.69. The molecule has 0 spiro atoms. The van der Waals surface area contributed by atoms with E-state index in [4.69, 9.17) is 20.1 Å². The zero-order valence-corrected chi connectivity index (χ0v) is 9.19. The van der Waals surface area contributed by atoms with Gasteiger partial charge in [0.05, 0.1) is 13.2 Å². The summed E-state index contributed by atoms with van der Waals surface area (Å²) >= 11 is 0. The summed E-state index contributed by atoms with van der Waals surface area (Å²) in [6.45, 7) is 1.97. The highest BCUT2D eigenvalue weighted by atomic mass is 16.6. The highest BCUT2D eigenvalue weighted by Gasteiger charge is 2.15. The Morgan fingerprint density at radius 2 is 1.69 bits per heavy atom. The summed E-state index contributed by atoms with van der Waals surface area (Å²) in [6.07, 6.45) is 0. The summed E-state index contributed by atoms with van der Waals surface area (Å²) in [5.74, 6) is 6.57. The minimum absolute atomic E-state index is 0.329. The summed E-state index contributed by atoms with van der Waals surface area (Å²) in [5.41, 5.74) is 1.95. The molecule has 2 rings (SSSR count). The zero-order chi connectivity index (χ0) is 11.4. The molecule has 0 aliphatic carbocycles. The lowest BCUT2D eigenvalue weighted by molar-refractivity contribution is 0.119. The largest absolute Gasteiger partial charge is 0.486 e. The van der Waals surface area contributed by atoms with Crippen LogP contribution in [-0.2, 0) is 22.8 Å². The van der Waals surface area contributed by atoms with Gasteiger partial charge in [0.2, 0.25) is 0 Å². The first-order chi connectivity index (χ1) is 7.85. The van der Waals surface area contributed by atoms with Crippen LogP contribution >= 0.6 is 0 Å². The predicted molar refractivity (Wildman–Crippen MR) is 57.1 cm³/mol. The van der Waals surface area contributed by atoms with Gasteiger partial charge in [-0.15, -0.1) is 0 Å². The maximum Gasteiger partial charge on any atom is 0.161 e. The van der Waals surface area contributed by atoms with E-state index in [1.54, 1.807) is 7.11 Å². The third-order valence-electron chi connectivity index (χ3n) is 2.40. The molecule has 5 heteroatoms. The fourth-order valence-corrected chi connectivity index (χ4v) is 1.69. The van der Waals surface area contributed by atoms with Gasteiger partial charge >= 0.3 is 0 Å². The van der Waals surface area contributed by atoms with E-state index < -0.39 is 0 Å². The lowest BCUT2D eigenvalue weighted by Crippen LogP contribution is -2.16. The van der Waals surface area contributed by atoms with Crippen LogP contribution in [0.15, 0.2) is 12.1 Å². The van der Waals surface area contributed by atoms with Crippen LogP contribution in [-0.4, -0.2) is 20.3 Å². The van der Waals surface area contributed by atoms with Crippen LogP contribution < -0.4 is 15.4 Å². The number of ether oxygens (including phenoxy) is 3. The SMILES string of the molecule is COCc1cc2c(cc1CON)OCCO2. The first kappa shape index (κ1) is 11.2. The molecule has 0 saturated heterocycles. The molecule has 1 aromatic rings. The van der Waals surface area contributed by atoms with E-state index in [1.807, 2.05) is 12.1 Å². The van der Waals surface area contributed by atoms with E-state index in [-0.39, 0.29) is 0 Å². The third-order valence-corrected chi connectivity index (χ3v) is 2.40. The van der Waals surface area contributed by atoms with Gasteiger partial charge in [-0.2, -0.15) is 0 Å². The Kier molecular flexibility index (Phi) is 3.61. The fraction of sp³-hybridized carbons (Fsp3) is 0.455. The smallest absolute Gasteiger partial charge is 0.161 e. The highest BCUT2D eigenvalue weighted by Crippen LogP contribution is 2.33. The Labute approximate surface area is 94.0 Å². The molecule has 1 aromatic carbocycles. The van der Waals surface area contributed by atoms with Crippen LogP contribution in [0.25, 0.3) is 0 Å². The second-order valence-electron chi connectivity index (χ2n) is 3.51. The van der Waals surface area contributed by atoms with Crippen LogP contribution in [0.1, 0.15) is 11.1 Å². The number of methoxy groups -OCH3 is 1. The van der Waals surface area contributed by atoms with Crippen molar-refractivity contribution in [3.8, 4) is 11.5 Å². The van der Waals surface area contributed by atoms with Crippen molar-refractivity contribution in [1.29, 1.82) is 0 Å². The number of hydrogen-bond acceptors (Lipinski definition) is 5. The molecule has 0 fully saturated rings. The van der Waals surface area contributed by atoms with Gasteiger partial charge in [0.25, 0.3) is 0 Å². The monoisotopic (exact) mass is 225 g/mol. The van der Waals surface area contributed by atoms with Crippen molar-refractivity contribution in [3.63, 3.8) is 0 Å². The minimum Gasteiger partial charge on any atom is -0.486 e. The summed E-state index contributed by atoms with van der Waals surface area (Å²) in [6, 6.07) is 3.79. The number of fused-ring (bicyclic) bond motifs is 1. The molecule has 0 bridgehead atoms. The molecule has 0 saturated carbocycles. The van der Waals surface area contributed by atoms with Gasteiger partial charge in [-0.05, 0) is 23.3 Å². The van der Waals surface area contributed by atoms with Gasteiger partial charge in [0.15, 0.2) is 11.5 Å². The standard InChI is InChI=1S/C11H15NO4/c1-13-6-8-4-10-11(15-3-2-14-10)5-9(8)7-16-12/h4-5H,2-3,6-7,12H2,1H3. The molecule has 5 nitrogen and oxygen atoms in total. The highest BCUT2D eigenvalue weighted by molar-refractivity contribution is 5.47. The Bertz CT molecular complexity index is 332. The molecule has 0 unspecified atom stereocenters. The van der Waals surface area contributed by atoms with Gasteiger partial charge < -0.3 is 14.2 Å². The van der Waals surface area contributed by atoms with Crippen LogP contribution in [0.2, 0.25) is 0 Å². The Morgan fingerprint density at radius 3 is 2.19 bits per heavy atom. The van der Waals surface area contributed by atoms with Crippen LogP contribution in [0.4, 0.5) is 0 Å². The normalized spacial score (nSPS) is 13.9. The Balaban J connectivity index is 2.33. The molecular formula is C11H15NO4. The minimum atomic E-state index is 0.329. The molecule has 1 aliphatic rings. The first-order valence-corrected chi connectivity index (χ1v) is 5.07.